The van der Waals surface area contributed by atoms with Crippen molar-refractivity contribution in [1.82, 2.24) is 14.7 Å². The maximum absolute atomic E-state index is 12.7. The predicted molar refractivity (Wildman–Crippen MR) is 114 cm³/mol. The first kappa shape index (κ1) is 19.0. The fourth-order valence-electron chi connectivity index (χ4n) is 3.16. The third-order valence-electron chi connectivity index (χ3n) is 4.70. The molecule has 2 aromatic carbocycles. The standard InChI is InChI=1S/C22H21N3O3S/c1-27-17-9-7-15(8-10-17)18-13-25-19(14-29-22(25)24-18)21(26)23-12-11-16-5-3-4-6-20(16)28-2/h3-10,13-14H,11-12H2,1-2H3,(H,23,26). The zero-order chi connectivity index (χ0) is 20.2. The number of carbonyl (C=O) groups excluding carboxylic acids is 1. The first-order chi connectivity index (χ1) is 14.2. The minimum absolute atomic E-state index is 0.121. The Morgan fingerprint density at radius 3 is 2.66 bits per heavy atom. The third-order valence-corrected chi connectivity index (χ3v) is 5.54. The van der Waals surface area contributed by atoms with Crippen LogP contribution in [-0.4, -0.2) is 36.1 Å². The van der Waals surface area contributed by atoms with Gasteiger partial charge in [0.2, 0.25) is 0 Å². The highest BCUT2D eigenvalue weighted by molar-refractivity contribution is 7.15. The minimum atomic E-state index is -0.121. The van der Waals surface area contributed by atoms with Gasteiger partial charge in [-0.2, -0.15) is 0 Å². The number of fused-ring (bicyclic) bond motifs is 1. The molecule has 0 aliphatic heterocycles. The fraction of sp³-hybridized carbons (Fsp3) is 0.182. The molecule has 6 nitrogen and oxygen atoms in total. The normalized spacial score (nSPS) is 10.8. The van der Waals surface area contributed by atoms with Crippen LogP contribution in [0.1, 0.15) is 16.1 Å². The van der Waals surface area contributed by atoms with Crippen molar-refractivity contribution in [1.29, 1.82) is 0 Å². The van der Waals surface area contributed by atoms with Crippen LogP contribution in [0.3, 0.4) is 0 Å². The predicted octanol–water partition coefficient (Wildman–Crippen LogP) is 4.05. The largest absolute Gasteiger partial charge is 0.497 e. The summed E-state index contributed by atoms with van der Waals surface area (Å²) in [5, 5.41) is 4.82. The second kappa shape index (κ2) is 8.36. The molecule has 0 bridgehead atoms. The lowest BCUT2D eigenvalue weighted by Gasteiger charge is -2.08. The number of para-hydroxylation sites is 1. The van der Waals surface area contributed by atoms with E-state index in [0.29, 0.717) is 18.7 Å². The lowest BCUT2D eigenvalue weighted by molar-refractivity contribution is 0.0948. The van der Waals surface area contributed by atoms with Gasteiger partial charge in [0.05, 0.1) is 19.9 Å². The Hall–Kier alpha value is -3.32. The average Bonchev–Trinajstić information content (AvgIpc) is 3.35. The van der Waals surface area contributed by atoms with Gasteiger partial charge in [0.15, 0.2) is 4.96 Å². The molecule has 4 rings (SSSR count). The highest BCUT2D eigenvalue weighted by Gasteiger charge is 2.15. The maximum Gasteiger partial charge on any atom is 0.269 e. The number of nitrogens with zero attached hydrogens (tertiary/aromatic N) is 2. The number of imidazole rings is 1. The molecule has 0 radical (unpaired) electrons. The summed E-state index contributed by atoms with van der Waals surface area (Å²) < 4.78 is 12.4. The Labute approximate surface area is 172 Å². The monoisotopic (exact) mass is 407 g/mol. The summed E-state index contributed by atoms with van der Waals surface area (Å²) >= 11 is 1.45. The van der Waals surface area contributed by atoms with Gasteiger partial charge in [0.1, 0.15) is 17.2 Å². The van der Waals surface area contributed by atoms with Crippen molar-refractivity contribution in [3.05, 3.63) is 71.4 Å². The van der Waals surface area contributed by atoms with Crippen LogP contribution in [0, 0.1) is 0 Å². The Bertz CT molecular complexity index is 1130. The van der Waals surface area contributed by atoms with Gasteiger partial charge in [-0.1, -0.05) is 18.2 Å². The number of aromatic nitrogens is 2. The van der Waals surface area contributed by atoms with Crippen LogP contribution < -0.4 is 14.8 Å². The summed E-state index contributed by atoms with van der Waals surface area (Å²) in [5.74, 6) is 1.51. The first-order valence-electron chi connectivity index (χ1n) is 9.20. The van der Waals surface area contributed by atoms with E-state index < -0.39 is 0 Å². The highest BCUT2D eigenvalue weighted by Crippen LogP contribution is 2.25. The molecule has 0 spiro atoms. The number of hydrogen-bond acceptors (Lipinski definition) is 5. The zero-order valence-corrected chi connectivity index (χ0v) is 17.0. The van der Waals surface area contributed by atoms with Gasteiger partial charge in [-0.25, -0.2) is 4.98 Å². The van der Waals surface area contributed by atoms with Crippen molar-refractivity contribution in [2.75, 3.05) is 20.8 Å². The molecule has 148 valence electrons. The van der Waals surface area contributed by atoms with E-state index in [1.165, 1.54) is 11.3 Å². The lowest BCUT2D eigenvalue weighted by atomic mass is 10.1. The molecule has 1 amide bonds. The van der Waals surface area contributed by atoms with E-state index in [9.17, 15) is 4.79 Å². The Morgan fingerprint density at radius 1 is 1.10 bits per heavy atom. The molecule has 0 atom stereocenters. The van der Waals surface area contributed by atoms with Crippen molar-refractivity contribution in [2.45, 2.75) is 6.42 Å². The van der Waals surface area contributed by atoms with E-state index in [1.807, 2.05) is 64.5 Å². The average molecular weight is 407 g/mol. The quantitative estimate of drug-likeness (QED) is 0.502. The van der Waals surface area contributed by atoms with Gasteiger partial charge >= 0.3 is 0 Å². The summed E-state index contributed by atoms with van der Waals surface area (Å²) in [6.07, 6.45) is 2.59. The van der Waals surface area contributed by atoms with E-state index in [2.05, 4.69) is 10.3 Å². The summed E-state index contributed by atoms with van der Waals surface area (Å²) in [6, 6.07) is 15.5. The Balaban J connectivity index is 1.47. The number of amides is 1. The summed E-state index contributed by atoms with van der Waals surface area (Å²) in [6.45, 7) is 0.524. The lowest BCUT2D eigenvalue weighted by Crippen LogP contribution is -2.26. The maximum atomic E-state index is 12.7. The van der Waals surface area contributed by atoms with Crippen LogP contribution >= 0.6 is 11.3 Å². The molecule has 0 aliphatic rings. The summed E-state index contributed by atoms with van der Waals surface area (Å²) in [7, 11) is 3.29. The second-order valence-corrected chi connectivity index (χ2v) is 7.28. The minimum Gasteiger partial charge on any atom is -0.497 e. The number of hydrogen-bond donors (Lipinski definition) is 1. The molecule has 2 aromatic heterocycles. The van der Waals surface area contributed by atoms with Crippen LogP contribution in [0.15, 0.2) is 60.1 Å². The summed E-state index contributed by atoms with van der Waals surface area (Å²) in [5.41, 5.74) is 3.44. The molecule has 0 saturated carbocycles. The zero-order valence-electron chi connectivity index (χ0n) is 16.2. The number of ether oxygens (including phenoxy) is 2. The van der Waals surface area contributed by atoms with Crippen molar-refractivity contribution >= 4 is 22.2 Å². The molecule has 29 heavy (non-hydrogen) atoms. The molecule has 0 saturated heterocycles. The van der Waals surface area contributed by atoms with Crippen molar-refractivity contribution < 1.29 is 14.3 Å². The van der Waals surface area contributed by atoms with Crippen LogP contribution in [0.2, 0.25) is 0 Å². The molecule has 0 unspecified atom stereocenters. The molecule has 4 aromatic rings. The molecule has 0 fully saturated rings. The Morgan fingerprint density at radius 2 is 1.90 bits per heavy atom. The Kier molecular flexibility index (Phi) is 5.48. The van der Waals surface area contributed by atoms with Crippen LogP contribution in [0.5, 0.6) is 11.5 Å². The fourth-order valence-corrected chi connectivity index (χ4v) is 4.01. The summed E-state index contributed by atoms with van der Waals surface area (Å²) in [4.78, 5) is 18.1. The molecule has 2 heterocycles. The number of rotatable bonds is 7. The first-order valence-corrected chi connectivity index (χ1v) is 10.1. The van der Waals surface area contributed by atoms with E-state index >= 15 is 0 Å². The number of carbonyl (C=O) groups is 1. The number of thiazole rings is 1. The third kappa shape index (κ3) is 3.95. The molecular weight excluding hydrogens is 386 g/mol. The topological polar surface area (TPSA) is 64.9 Å². The van der Waals surface area contributed by atoms with Crippen LogP contribution in [-0.2, 0) is 6.42 Å². The van der Waals surface area contributed by atoms with E-state index in [0.717, 1.165) is 33.3 Å². The van der Waals surface area contributed by atoms with Gasteiger partial charge in [-0.3, -0.25) is 9.20 Å². The van der Waals surface area contributed by atoms with Crippen molar-refractivity contribution in [3.63, 3.8) is 0 Å². The van der Waals surface area contributed by atoms with Crippen molar-refractivity contribution in [2.24, 2.45) is 0 Å². The van der Waals surface area contributed by atoms with E-state index in [1.54, 1.807) is 14.2 Å². The van der Waals surface area contributed by atoms with Crippen molar-refractivity contribution in [3.8, 4) is 22.8 Å². The van der Waals surface area contributed by atoms with Gasteiger partial charge in [-0.05, 0) is 42.3 Å². The SMILES string of the molecule is COc1ccc(-c2cn3c(C(=O)NCCc4ccccc4OC)csc3n2)cc1. The van der Waals surface area contributed by atoms with Gasteiger partial charge in [0.25, 0.3) is 5.91 Å². The van der Waals surface area contributed by atoms with Gasteiger partial charge in [-0.15, -0.1) is 11.3 Å². The molecule has 1 N–H and O–H groups in total. The van der Waals surface area contributed by atoms with E-state index in [4.69, 9.17) is 9.47 Å². The molecular formula is C22H21N3O3S. The number of nitrogens with one attached hydrogen (secondary N) is 1. The smallest absolute Gasteiger partial charge is 0.269 e. The van der Waals surface area contributed by atoms with Crippen LogP contribution in [0.4, 0.5) is 0 Å². The van der Waals surface area contributed by atoms with Gasteiger partial charge < -0.3 is 14.8 Å². The molecule has 7 heteroatoms. The molecule has 0 aliphatic carbocycles. The van der Waals surface area contributed by atoms with Gasteiger partial charge in [0, 0.05) is 23.7 Å². The number of methoxy groups -OCH3 is 2. The number of benzene rings is 2. The highest BCUT2D eigenvalue weighted by atomic mass is 32.1. The van der Waals surface area contributed by atoms with E-state index in [-0.39, 0.29) is 5.91 Å². The van der Waals surface area contributed by atoms with Crippen LogP contribution in [0.25, 0.3) is 16.2 Å². The second-order valence-electron chi connectivity index (χ2n) is 6.45.